The number of nitrogens with one attached hydrogen (secondary N) is 1. The first-order valence-electron chi connectivity index (χ1n) is 5.21. The van der Waals surface area contributed by atoms with Gasteiger partial charge in [-0.1, -0.05) is 6.07 Å². The number of hydroxylamine groups is 1. The first kappa shape index (κ1) is 10.4. The van der Waals surface area contributed by atoms with E-state index in [1.54, 1.807) is 6.07 Å². The van der Waals surface area contributed by atoms with Gasteiger partial charge in [-0.15, -0.1) is 0 Å². The first-order chi connectivity index (χ1) is 7.31. The Morgan fingerprint density at radius 1 is 1.33 bits per heavy atom. The molecule has 1 aliphatic heterocycles. The summed E-state index contributed by atoms with van der Waals surface area (Å²) in [6.45, 7) is 2.30. The Balaban J connectivity index is 2.28. The van der Waals surface area contributed by atoms with E-state index in [1.807, 2.05) is 0 Å². The average molecular weight is 210 g/mol. The van der Waals surface area contributed by atoms with Gasteiger partial charge < -0.3 is 10.1 Å². The van der Waals surface area contributed by atoms with Crippen LogP contribution < -0.4 is 10.4 Å². The molecule has 1 heterocycles. The van der Waals surface area contributed by atoms with Gasteiger partial charge in [0.2, 0.25) is 0 Å². The molecule has 2 rings (SSSR count). The highest BCUT2D eigenvalue weighted by Gasteiger charge is 2.16. The van der Waals surface area contributed by atoms with Crippen LogP contribution in [0.15, 0.2) is 18.2 Å². The Bertz CT molecular complexity index is 337. The van der Waals surface area contributed by atoms with E-state index in [1.165, 1.54) is 12.1 Å². The second kappa shape index (κ2) is 4.59. The van der Waals surface area contributed by atoms with Crippen LogP contribution in [0.5, 0.6) is 0 Å². The Kier molecular flexibility index (Phi) is 3.18. The number of anilines is 1. The van der Waals surface area contributed by atoms with E-state index in [0.29, 0.717) is 6.54 Å². The van der Waals surface area contributed by atoms with Gasteiger partial charge in [-0.05, 0) is 30.5 Å². The molecule has 2 N–H and O–H groups in total. The molecular formula is C11H15FN2O. The Morgan fingerprint density at radius 2 is 2.07 bits per heavy atom. The van der Waals surface area contributed by atoms with Gasteiger partial charge in [-0.3, -0.25) is 0 Å². The minimum atomic E-state index is -0.224. The number of halogens is 1. The highest BCUT2D eigenvalue weighted by Crippen LogP contribution is 2.25. The maximum Gasteiger partial charge on any atom is 0.125 e. The van der Waals surface area contributed by atoms with Gasteiger partial charge in [-0.2, -0.15) is 0 Å². The molecule has 0 bridgehead atoms. The first-order valence-corrected chi connectivity index (χ1v) is 5.21. The lowest BCUT2D eigenvalue weighted by atomic mass is 10.1. The van der Waals surface area contributed by atoms with Gasteiger partial charge in [0.15, 0.2) is 0 Å². The van der Waals surface area contributed by atoms with Gasteiger partial charge in [0.25, 0.3) is 0 Å². The number of nitrogens with zero attached hydrogens (tertiary/aromatic N) is 1. The second-order valence-corrected chi connectivity index (χ2v) is 3.80. The zero-order chi connectivity index (χ0) is 10.7. The predicted molar refractivity (Wildman–Crippen MR) is 56.5 cm³/mol. The third-order valence-electron chi connectivity index (χ3n) is 2.76. The lowest BCUT2D eigenvalue weighted by Crippen LogP contribution is -2.21. The van der Waals surface area contributed by atoms with E-state index >= 15 is 0 Å². The van der Waals surface area contributed by atoms with Crippen molar-refractivity contribution in [2.24, 2.45) is 0 Å². The van der Waals surface area contributed by atoms with Crippen molar-refractivity contribution in [3.63, 3.8) is 0 Å². The van der Waals surface area contributed by atoms with Crippen molar-refractivity contribution in [1.82, 2.24) is 5.48 Å². The minimum Gasteiger partial charge on any atom is -0.371 e. The molecular weight excluding hydrogens is 195 g/mol. The largest absolute Gasteiger partial charge is 0.371 e. The van der Waals surface area contributed by atoms with Gasteiger partial charge in [0, 0.05) is 25.3 Å². The van der Waals surface area contributed by atoms with Crippen molar-refractivity contribution < 1.29 is 9.60 Å². The molecule has 0 aliphatic carbocycles. The summed E-state index contributed by atoms with van der Waals surface area (Å²) in [6.07, 6.45) is 2.31. The maximum atomic E-state index is 13.1. The lowest BCUT2D eigenvalue weighted by molar-refractivity contribution is 0.161. The van der Waals surface area contributed by atoms with Crippen LogP contribution >= 0.6 is 0 Å². The molecule has 0 aromatic heterocycles. The van der Waals surface area contributed by atoms with Crippen LogP contribution in [0.4, 0.5) is 10.1 Å². The molecule has 1 aromatic carbocycles. The van der Waals surface area contributed by atoms with Crippen LogP contribution in [0.2, 0.25) is 0 Å². The third kappa shape index (κ3) is 2.27. The molecule has 0 atom stereocenters. The van der Waals surface area contributed by atoms with Gasteiger partial charge >= 0.3 is 0 Å². The summed E-state index contributed by atoms with van der Waals surface area (Å²) in [4.78, 5) is 2.16. The summed E-state index contributed by atoms with van der Waals surface area (Å²) in [5, 5.41) is 8.69. The van der Waals surface area contributed by atoms with Crippen molar-refractivity contribution in [2.75, 3.05) is 18.0 Å². The molecule has 1 saturated heterocycles. The number of benzene rings is 1. The molecule has 1 aromatic rings. The molecule has 0 saturated carbocycles. The summed E-state index contributed by atoms with van der Waals surface area (Å²) >= 11 is 0. The van der Waals surface area contributed by atoms with Crippen LogP contribution in [0, 0.1) is 5.82 Å². The SMILES string of the molecule is ONCc1ccc(F)cc1N1CCCC1. The van der Waals surface area contributed by atoms with E-state index in [0.717, 1.165) is 37.2 Å². The topological polar surface area (TPSA) is 35.5 Å². The van der Waals surface area contributed by atoms with E-state index < -0.39 is 0 Å². The average Bonchev–Trinajstić information content (AvgIpc) is 2.74. The summed E-state index contributed by atoms with van der Waals surface area (Å²) in [5.74, 6) is -0.224. The van der Waals surface area contributed by atoms with Crippen molar-refractivity contribution in [3.05, 3.63) is 29.6 Å². The molecule has 0 radical (unpaired) electrons. The fourth-order valence-corrected chi connectivity index (χ4v) is 2.02. The summed E-state index contributed by atoms with van der Waals surface area (Å²) in [5.41, 5.74) is 3.95. The fourth-order valence-electron chi connectivity index (χ4n) is 2.02. The number of hydrogen-bond acceptors (Lipinski definition) is 3. The van der Waals surface area contributed by atoms with Crippen molar-refractivity contribution in [1.29, 1.82) is 0 Å². The lowest BCUT2D eigenvalue weighted by Gasteiger charge is -2.21. The Morgan fingerprint density at radius 3 is 2.73 bits per heavy atom. The standard InChI is InChI=1S/C11H15FN2O/c12-10-4-3-9(8-13-15)11(7-10)14-5-1-2-6-14/h3-4,7,13,15H,1-2,5-6,8H2. The van der Waals surface area contributed by atoms with Crippen LogP contribution in [-0.4, -0.2) is 18.3 Å². The predicted octanol–water partition coefficient (Wildman–Crippen LogP) is 1.90. The van der Waals surface area contributed by atoms with Crippen molar-refractivity contribution in [2.45, 2.75) is 19.4 Å². The van der Waals surface area contributed by atoms with E-state index in [2.05, 4.69) is 10.4 Å². The molecule has 82 valence electrons. The fraction of sp³-hybridized carbons (Fsp3) is 0.455. The molecule has 0 unspecified atom stereocenters. The third-order valence-corrected chi connectivity index (χ3v) is 2.76. The monoisotopic (exact) mass is 210 g/mol. The molecule has 3 nitrogen and oxygen atoms in total. The Hall–Kier alpha value is -1.13. The van der Waals surface area contributed by atoms with Crippen molar-refractivity contribution in [3.8, 4) is 0 Å². The summed E-state index contributed by atoms with van der Waals surface area (Å²) in [6, 6.07) is 4.68. The van der Waals surface area contributed by atoms with Gasteiger partial charge in [0.05, 0.1) is 0 Å². The molecule has 0 amide bonds. The van der Waals surface area contributed by atoms with Crippen LogP contribution in [0.1, 0.15) is 18.4 Å². The molecule has 1 aliphatic rings. The second-order valence-electron chi connectivity index (χ2n) is 3.80. The maximum absolute atomic E-state index is 13.1. The molecule has 0 spiro atoms. The summed E-state index contributed by atoms with van der Waals surface area (Å²) in [7, 11) is 0. The van der Waals surface area contributed by atoms with Crippen molar-refractivity contribution >= 4 is 5.69 Å². The Labute approximate surface area is 88.5 Å². The zero-order valence-electron chi connectivity index (χ0n) is 8.54. The van der Waals surface area contributed by atoms with Crippen LogP contribution in [0.3, 0.4) is 0 Å². The van der Waals surface area contributed by atoms with Crippen LogP contribution in [-0.2, 0) is 6.54 Å². The minimum absolute atomic E-state index is 0.224. The molecule has 4 heteroatoms. The van der Waals surface area contributed by atoms with E-state index in [4.69, 9.17) is 5.21 Å². The quantitative estimate of drug-likeness (QED) is 0.748. The highest BCUT2D eigenvalue weighted by molar-refractivity contribution is 5.54. The van der Waals surface area contributed by atoms with E-state index in [-0.39, 0.29) is 5.82 Å². The van der Waals surface area contributed by atoms with Gasteiger partial charge in [-0.25, -0.2) is 9.87 Å². The van der Waals surface area contributed by atoms with E-state index in [9.17, 15) is 4.39 Å². The highest BCUT2D eigenvalue weighted by atomic mass is 19.1. The molecule has 15 heavy (non-hydrogen) atoms. The normalized spacial score (nSPS) is 16.0. The van der Waals surface area contributed by atoms with Crippen LogP contribution in [0.25, 0.3) is 0 Å². The summed E-state index contributed by atoms with van der Waals surface area (Å²) < 4.78 is 13.1. The van der Waals surface area contributed by atoms with Gasteiger partial charge in [0.1, 0.15) is 5.82 Å². The number of hydrogen-bond donors (Lipinski definition) is 2. The smallest absolute Gasteiger partial charge is 0.125 e. The number of rotatable bonds is 3. The molecule has 1 fully saturated rings. The zero-order valence-corrected chi connectivity index (χ0v) is 8.54.